The first-order chi connectivity index (χ1) is 12.0. The lowest BCUT2D eigenvalue weighted by atomic mass is 10.2. The van der Waals surface area contributed by atoms with Crippen LogP contribution in [0, 0.1) is 12.7 Å². The predicted molar refractivity (Wildman–Crippen MR) is 94.7 cm³/mol. The largest absolute Gasteiger partial charge is 0.324 e. The first kappa shape index (κ1) is 17.4. The molecule has 0 fully saturated rings. The summed E-state index contributed by atoms with van der Waals surface area (Å²) in [4.78, 5) is 12.1. The molecule has 2 aromatic carbocycles. The van der Waals surface area contributed by atoms with Crippen LogP contribution < -0.4 is 5.32 Å². The highest BCUT2D eigenvalue weighted by atomic mass is 35.5. The molecule has 0 aliphatic heterocycles. The number of nitrogens with one attached hydrogen (secondary N) is 1. The predicted octanol–water partition coefficient (Wildman–Crippen LogP) is 3.49. The van der Waals surface area contributed by atoms with Crippen LogP contribution in [0.5, 0.6) is 0 Å². The summed E-state index contributed by atoms with van der Waals surface area (Å²) in [5, 5.41) is 14.9. The van der Waals surface area contributed by atoms with E-state index < -0.39 is 5.82 Å². The molecule has 1 aromatic heterocycles. The maximum Gasteiger partial charge on any atom is 0.234 e. The summed E-state index contributed by atoms with van der Waals surface area (Å²) in [5.74, 6) is -0.674. The Balaban J connectivity index is 1.67. The van der Waals surface area contributed by atoms with Gasteiger partial charge in [-0.3, -0.25) is 4.79 Å². The van der Waals surface area contributed by atoms with Gasteiger partial charge in [0.25, 0.3) is 0 Å². The van der Waals surface area contributed by atoms with Crippen LogP contribution in [0.2, 0.25) is 5.02 Å². The molecule has 0 aliphatic carbocycles. The third kappa shape index (κ3) is 4.15. The number of anilines is 1. The van der Waals surface area contributed by atoms with Gasteiger partial charge in [0.05, 0.1) is 22.2 Å². The summed E-state index contributed by atoms with van der Waals surface area (Å²) in [7, 11) is 0. The molecule has 3 rings (SSSR count). The monoisotopic (exact) mass is 377 g/mol. The Morgan fingerprint density at radius 3 is 2.88 bits per heavy atom. The highest BCUT2D eigenvalue weighted by molar-refractivity contribution is 7.99. The minimum absolute atomic E-state index is 0.0833. The van der Waals surface area contributed by atoms with E-state index >= 15 is 0 Å². The van der Waals surface area contributed by atoms with Crippen molar-refractivity contribution in [3.05, 3.63) is 58.9 Å². The molecule has 0 aliphatic rings. The number of hydrogen-bond acceptors (Lipinski definition) is 5. The summed E-state index contributed by atoms with van der Waals surface area (Å²) >= 11 is 7.09. The Bertz CT molecular complexity index is 917. The Hall–Kier alpha value is -2.45. The first-order valence-corrected chi connectivity index (χ1v) is 8.63. The van der Waals surface area contributed by atoms with Gasteiger partial charge in [0, 0.05) is 0 Å². The first-order valence-electron chi connectivity index (χ1n) is 7.26. The number of para-hydroxylation sites is 1. The average Bonchev–Trinajstić information content (AvgIpc) is 3.04. The van der Waals surface area contributed by atoms with Gasteiger partial charge in [0.1, 0.15) is 5.82 Å². The van der Waals surface area contributed by atoms with E-state index in [2.05, 4.69) is 20.8 Å². The van der Waals surface area contributed by atoms with E-state index in [4.69, 9.17) is 11.6 Å². The smallest absolute Gasteiger partial charge is 0.234 e. The summed E-state index contributed by atoms with van der Waals surface area (Å²) < 4.78 is 14.6. The second-order valence-electron chi connectivity index (χ2n) is 5.12. The molecule has 0 spiro atoms. The molecular weight excluding hydrogens is 365 g/mol. The van der Waals surface area contributed by atoms with E-state index in [1.807, 2.05) is 31.2 Å². The van der Waals surface area contributed by atoms with Crippen molar-refractivity contribution >= 4 is 35.0 Å². The van der Waals surface area contributed by atoms with Gasteiger partial charge in [-0.05, 0) is 47.2 Å². The second kappa shape index (κ2) is 7.62. The van der Waals surface area contributed by atoms with Crippen LogP contribution in [0.3, 0.4) is 0 Å². The van der Waals surface area contributed by atoms with E-state index in [9.17, 15) is 9.18 Å². The fourth-order valence-corrected chi connectivity index (χ4v) is 3.03. The minimum Gasteiger partial charge on any atom is -0.324 e. The molecule has 1 heterocycles. The lowest BCUT2D eigenvalue weighted by molar-refractivity contribution is -0.113. The van der Waals surface area contributed by atoms with Crippen molar-refractivity contribution in [3.8, 4) is 5.69 Å². The fourth-order valence-electron chi connectivity index (χ4n) is 2.13. The van der Waals surface area contributed by atoms with E-state index in [1.54, 1.807) is 4.68 Å². The quantitative estimate of drug-likeness (QED) is 0.689. The van der Waals surface area contributed by atoms with E-state index in [0.29, 0.717) is 10.8 Å². The summed E-state index contributed by atoms with van der Waals surface area (Å²) in [6.45, 7) is 1.95. The Morgan fingerprint density at radius 2 is 2.12 bits per heavy atom. The van der Waals surface area contributed by atoms with Gasteiger partial charge in [-0.25, -0.2) is 4.39 Å². The molecule has 6 nitrogen and oxygen atoms in total. The van der Waals surface area contributed by atoms with Gasteiger partial charge in [-0.2, -0.15) is 4.68 Å². The van der Waals surface area contributed by atoms with Crippen molar-refractivity contribution in [2.45, 2.75) is 12.1 Å². The molecule has 3 aromatic rings. The summed E-state index contributed by atoms with van der Waals surface area (Å²) in [6, 6.07) is 11.5. The van der Waals surface area contributed by atoms with Crippen molar-refractivity contribution in [1.82, 2.24) is 20.2 Å². The minimum atomic E-state index is -0.463. The number of tetrazole rings is 1. The number of nitrogens with zero attached hydrogens (tertiary/aromatic N) is 4. The van der Waals surface area contributed by atoms with Crippen LogP contribution in [0.25, 0.3) is 5.69 Å². The summed E-state index contributed by atoms with van der Waals surface area (Å²) in [5.41, 5.74) is 2.21. The average molecular weight is 378 g/mol. The van der Waals surface area contributed by atoms with Gasteiger partial charge in [0.2, 0.25) is 11.1 Å². The number of carbonyl (C=O) groups is 1. The van der Waals surface area contributed by atoms with Crippen molar-refractivity contribution in [2.75, 3.05) is 11.1 Å². The molecule has 0 bridgehead atoms. The van der Waals surface area contributed by atoms with Gasteiger partial charge < -0.3 is 5.32 Å². The van der Waals surface area contributed by atoms with Gasteiger partial charge in [-0.1, -0.05) is 41.6 Å². The van der Waals surface area contributed by atoms with Gasteiger partial charge in [-0.15, -0.1) is 5.10 Å². The van der Waals surface area contributed by atoms with Crippen LogP contribution in [-0.4, -0.2) is 31.9 Å². The number of aryl methyl sites for hydroxylation is 1. The zero-order valence-corrected chi connectivity index (χ0v) is 14.7. The Morgan fingerprint density at radius 1 is 1.32 bits per heavy atom. The highest BCUT2D eigenvalue weighted by Crippen LogP contribution is 2.24. The zero-order valence-electron chi connectivity index (χ0n) is 13.1. The standard InChI is InChI=1S/C16H13ClFN5OS/c1-10-4-2-3-5-14(10)23-16(20-21-22-23)25-9-15(24)19-13-7-6-11(18)8-12(13)17/h2-8H,9H2,1H3,(H,19,24). The third-order valence-corrected chi connectivity index (χ3v) is 4.55. The van der Waals surface area contributed by atoms with Crippen LogP contribution in [-0.2, 0) is 4.79 Å². The lowest BCUT2D eigenvalue weighted by Gasteiger charge is -2.08. The molecule has 0 unspecified atom stereocenters. The SMILES string of the molecule is Cc1ccccc1-n1nnnc1SCC(=O)Nc1ccc(F)cc1Cl. The number of benzene rings is 2. The Kier molecular flexibility index (Phi) is 5.30. The van der Waals surface area contributed by atoms with E-state index in [0.717, 1.165) is 17.3 Å². The number of aromatic nitrogens is 4. The molecule has 0 saturated heterocycles. The molecule has 0 atom stereocenters. The fraction of sp³-hybridized carbons (Fsp3) is 0.125. The third-order valence-electron chi connectivity index (χ3n) is 3.32. The van der Waals surface area contributed by atoms with Crippen LogP contribution >= 0.6 is 23.4 Å². The molecule has 1 amide bonds. The van der Waals surface area contributed by atoms with E-state index in [1.165, 1.54) is 23.9 Å². The number of rotatable bonds is 5. The Labute approximate surface area is 152 Å². The number of thioether (sulfide) groups is 1. The number of carbonyl (C=O) groups excluding carboxylic acids is 1. The molecule has 128 valence electrons. The van der Waals surface area contributed by atoms with Crippen LogP contribution in [0.1, 0.15) is 5.56 Å². The van der Waals surface area contributed by atoms with Crippen molar-refractivity contribution in [2.24, 2.45) is 0 Å². The molecule has 0 saturated carbocycles. The number of amides is 1. The number of halogens is 2. The second-order valence-corrected chi connectivity index (χ2v) is 6.47. The number of hydrogen-bond donors (Lipinski definition) is 1. The highest BCUT2D eigenvalue weighted by Gasteiger charge is 2.13. The molecule has 0 radical (unpaired) electrons. The molecular formula is C16H13ClFN5OS. The molecule has 1 N–H and O–H groups in total. The molecule has 9 heteroatoms. The van der Waals surface area contributed by atoms with Crippen molar-refractivity contribution < 1.29 is 9.18 Å². The summed E-state index contributed by atoms with van der Waals surface area (Å²) in [6.07, 6.45) is 0. The van der Waals surface area contributed by atoms with Crippen LogP contribution in [0.15, 0.2) is 47.6 Å². The van der Waals surface area contributed by atoms with Crippen molar-refractivity contribution in [3.63, 3.8) is 0 Å². The van der Waals surface area contributed by atoms with Gasteiger partial charge in [0.15, 0.2) is 0 Å². The topological polar surface area (TPSA) is 72.7 Å². The van der Waals surface area contributed by atoms with Crippen LogP contribution in [0.4, 0.5) is 10.1 Å². The lowest BCUT2D eigenvalue weighted by Crippen LogP contribution is -2.15. The zero-order chi connectivity index (χ0) is 17.8. The van der Waals surface area contributed by atoms with Gasteiger partial charge >= 0.3 is 0 Å². The maximum absolute atomic E-state index is 13.0. The van der Waals surface area contributed by atoms with Crippen molar-refractivity contribution in [1.29, 1.82) is 0 Å². The van der Waals surface area contributed by atoms with E-state index in [-0.39, 0.29) is 16.7 Å². The molecule has 25 heavy (non-hydrogen) atoms. The maximum atomic E-state index is 13.0. The normalized spacial score (nSPS) is 10.7.